The third-order valence-electron chi connectivity index (χ3n) is 5.20. The minimum atomic E-state index is -0.0605. The van der Waals surface area contributed by atoms with Crippen molar-refractivity contribution in [3.63, 3.8) is 0 Å². The molecule has 0 fully saturated rings. The van der Waals surface area contributed by atoms with E-state index in [9.17, 15) is 4.79 Å². The van der Waals surface area contributed by atoms with Gasteiger partial charge in [-0.3, -0.25) is 4.79 Å². The molecule has 0 radical (unpaired) electrons. The average molecular weight is 388 g/mol. The lowest BCUT2D eigenvalue weighted by molar-refractivity contribution is 0.0728. The van der Waals surface area contributed by atoms with Gasteiger partial charge in [0, 0.05) is 25.7 Å². The van der Waals surface area contributed by atoms with E-state index >= 15 is 0 Å². The Hall–Kier alpha value is -3.41. The molecule has 0 spiro atoms. The van der Waals surface area contributed by atoms with Crippen molar-refractivity contribution in [2.75, 3.05) is 25.5 Å². The highest BCUT2D eigenvalue weighted by Gasteiger charge is 2.22. The van der Waals surface area contributed by atoms with Gasteiger partial charge in [-0.1, -0.05) is 42.5 Å². The molecule has 6 heteroatoms. The number of nitrogens with one attached hydrogen (secondary N) is 1. The predicted octanol–water partition coefficient (Wildman–Crippen LogP) is 3.34. The standard InChI is InChI=1S/C23H24N4O2/c1-29-21-9-5-4-7-18(21)10-12-24-22-14-20(25-16-26-22)23(28)27-13-11-17-6-2-3-8-19(17)15-27/h2-9,14,16H,10-13,15H2,1H3,(H,24,25,26). The van der Waals surface area contributed by atoms with Crippen molar-refractivity contribution in [3.05, 3.63) is 83.3 Å². The summed E-state index contributed by atoms with van der Waals surface area (Å²) in [6, 6.07) is 17.9. The van der Waals surface area contributed by atoms with E-state index in [2.05, 4.69) is 27.4 Å². The normalized spacial score (nSPS) is 12.9. The van der Waals surface area contributed by atoms with E-state index < -0.39 is 0 Å². The largest absolute Gasteiger partial charge is 0.496 e. The second kappa shape index (κ2) is 8.73. The fourth-order valence-electron chi connectivity index (χ4n) is 3.64. The molecule has 0 saturated heterocycles. The van der Waals surface area contributed by atoms with Crippen molar-refractivity contribution < 1.29 is 9.53 Å². The number of benzene rings is 2. The van der Waals surface area contributed by atoms with Crippen LogP contribution in [0, 0.1) is 0 Å². The number of amides is 1. The number of ether oxygens (including phenoxy) is 1. The third kappa shape index (κ3) is 4.37. The van der Waals surface area contributed by atoms with E-state index in [1.165, 1.54) is 17.5 Å². The van der Waals surface area contributed by atoms with E-state index in [-0.39, 0.29) is 5.91 Å². The van der Waals surface area contributed by atoms with Gasteiger partial charge in [-0.2, -0.15) is 0 Å². The summed E-state index contributed by atoms with van der Waals surface area (Å²) in [6.07, 6.45) is 3.10. The number of hydrogen-bond acceptors (Lipinski definition) is 5. The number of carbonyl (C=O) groups excluding carboxylic acids is 1. The molecular formula is C23H24N4O2. The van der Waals surface area contributed by atoms with Gasteiger partial charge in [0.05, 0.1) is 7.11 Å². The summed E-state index contributed by atoms with van der Waals surface area (Å²) in [7, 11) is 1.67. The predicted molar refractivity (Wildman–Crippen MR) is 112 cm³/mol. The minimum absolute atomic E-state index is 0.0605. The van der Waals surface area contributed by atoms with Crippen LogP contribution in [0.2, 0.25) is 0 Å². The van der Waals surface area contributed by atoms with Gasteiger partial charge in [0.15, 0.2) is 0 Å². The van der Waals surface area contributed by atoms with Gasteiger partial charge in [0.2, 0.25) is 0 Å². The maximum absolute atomic E-state index is 12.9. The van der Waals surface area contributed by atoms with Crippen LogP contribution in [0.15, 0.2) is 60.9 Å². The molecular weight excluding hydrogens is 364 g/mol. The molecule has 29 heavy (non-hydrogen) atoms. The fraction of sp³-hybridized carbons (Fsp3) is 0.261. The average Bonchev–Trinajstić information content (AvgIpc) is 2.79. The summed E-state index contributed by atoms with van der Waals surface area (Å²) in [5, 5.41) is 3.28. The van der Waals surface area contributed by atoms with Crippen LogP contribution in [0.3, 0.4) is 0 Å². The topological polar surface area (TPSA) is 67.3 Å². The number of aromatic nitrogens is 2. The first-order chi connectivity index (χ1) is 14.2. The maximum atomic E-state index is 12.9. The molecule has 6 nitrogen and oxygen atoms in total. The Morgan fingerprint density at radius 3 is 2.76 bits per heavy atom. The van der Waals surface area contributed by atoms with Gasteiger partial charge in [0.1, 0.15) is 23.6 Å². The summed E-state index contributed by atoms with van der Waals surface area (Å²) < 4.78 is 5.39. The first-order valence-corrected chi connectivity index (χ1v) is 9.78. The van der Waals surface area contributed by atoms with Crippen LogP contribution in [0.4, 0.5) is 5.82 Å². The fourth-order valence-corrected chi connectivity index (χ4v) is 3.64. The zero-order chi connectivity index (χ0) is 20.1. The zero-order valence-corrected chi connectivity index (χ0v) is 16.5. The number of hydrogen-bond donors (Lipinski definition) is 1. The SMILES string of the molecule is COc1ccccc1CCNc1cc(C(=O)N2CCc3ccccc3C2)ncn1. The van der Waals surface area contributed by atoms with E-state index in [0.717, 1.165) is 24.2 Å². The van der Waals surface area contributed by atoms with Crippen LogP contribution in [-0.4, -0.2) is 41.0 Å². The lowest BCUT2D eigenvalue weighted by atomic mass is 10.00. The molecule has 4 rings (SSSR count). The summed E-state index contributed by atoms with van der Waals surface area (Å²) >= 11 is 0. The zero-order valence-electron chi connectivity index (χ0n) is 16.5. The van der Waals surface area contributed by atoms with E-state index in [1.54, 1.807) is 13.2 Å². The third-order valence-corrected chi connectivity index (χ3v) is 5.20. The number of para-hydroxylation sites is 1. The molecule has 2 heterocycles. The van der Waals surface area contributed by atoms with Crippen molar-refractivity contribution in [3.8, 4) is 5.75 Å². The van der Waals surface area contributed by atoms with Gasteiger partial charge in [-0.05, 0) is 35.6 Å². The second-order valence-electron chi connectivity index (χ2n) is 7.02. The molecule has 0 unspecified atom stereocenters. The lowest BCUT2D eigenvalue weighted by Crippen LogP contribution is -2.36. The molecule has 0 saturated carbocycles. The molecule has 1 aliphatic rings. The minimum Gasteiger partial charge on any atom is -0.496 e. The van der Waals surface area contributed by atoms with Crippen molar-refractivity contribution >= 4 is 11.7 Å². The molecule has 3 aromatic rings. The molecule has 2 aromatic carbocycles. The number of nitrogens with zero attached hydrogens (tertiary/aromatic N) is 3. The van der Waals surface area contributed by atoms with Crippen LogP contribution in [0.1, 0.15) is 27.2 Å². The molecule has 1 N–H and O–H groups in total. The Morgan fingerprint density at radius 1 is 1.10 bits per heavy atom. The van der Waals surface area contributed by atoms with Gasteiger partial charge in [0.25, 0.3) is 5.91 Å². The van der Waals surface area contributed by atoms with Crippen LogP contribution in [0.5, 0.6) is 5.75 Å². The van der Waals surface area contributed by atoms with Crippen LogP contribution in [0.25, 0.3) is 0 Å². The molecule has 1 aromatic heterocycles. The second-order valence-corrected chi connectivity index (χ2v) is 7.02. The number of fused-ring (bicyclic) bond motifs is 1. The van der Waals surface area contributed by atoms with Crippen LogP contribution >= 0.6 is 0 Å². The highest BCUT2D eigenvalue weighted by atomic mass is 16.5. The van der Waals surface area contributed by atoms with Crippen LogP contribution < -0.4 is 10.1 Å². The summed E-state index contributed by atoms with van der Waals surface area (Å²) in [5.74, 6) is 1.46. The number of rotatable bonds is 6. The Morgan fingerprint density at radius 2 is 1.90 bits per heavy atom. The highest BCUT2D eigenvalue weighted by molar-refractivity contribution is 5.93. The summed E-state index contributed by atoms with van der Waals surface area (Å²) in [6.45, 7) is 2.01. The quantitative estimate of drug-likeness (QED) is 0.702. The van der Waals surface area contributed by atoms with Gasteiger partial charge >= 0.3 is 0 Å². The van der Waals surface area contributed by atoms with Crippen molar-refractivity contribution in [2.45, 2.75) is 19.4 Å². The molecule has 0 atom stereocenters. The highest BCUT2D eigenvalue weighted by Crippen LogP contribution is 2.21. The Labute approximate surface area is 170 Å². The maximum Gasteiger partial charge on any atom is 0.272 e. The monoisotopic (exact) mass is 388 g/mol. The molecule has 0 aliphatic carbocycles. The lowest BCUT2D eigenvalue weighted by Gasteiger charge is -2.28. The number of anilines is 1. The van der Waals surface area contributed by atoms with Gasteiger partial charge < -0.3 is 15.0 Å². The van der Waals surface area contributed by atoms with E-state index in [0.29, 0.717) is 31.1 Å². The molecule has 1 aliphatic heterocycles. The summed E-state index contributed by atoms with van der Waals surface area (Å²) in [5.41, 5.74) is 4.06. The Kier molecular flexibility index (Phi) is 5.70. The molecule has 1 amide bonds. The van der Waals surface area contributed by atoms with Crippen molar-refractivity contribution in [1.29, 1.82) is 0 Å². The molecule has 148 valence electrons. The van der Waals surface area contributed by atoms with E-state index in [4.69, 9.17) is 4.74 Å². The van der Waals surface area contributed by atoms with Gasteiger partial charge in [-0.25, -0.2) is 9.97 Å². The first-order valence-electron chi connectivity index (χ1n) is 9.78. The Bertz CT molecular complexity index is 1010. The van der Waals surface area contributed by atoms with Crippen molar-refractivity contribution in [1.82, 2.24) is 14.9 Å². The van der Waals surface area contributed by atoms with E-state index in [1.807, 2.05) is 41.3 Å². The number of carbonyl (C=O) groups is 1. The molecule has 0 bridgehead atoms. The van der Waals surface area contributed by atoms with Crippen molar-refractivity contribution in [2.24, 2.45) is 0 Å². The number of methoxy groups -OCH3 is 1. The smallest absolute Gasteiger partial charge is 0.272 e. The Balaban J connectivity index is 1.39. The first kappa shape index (κ1) is 18.9. The summed E-state index contributed by atoms with van der Waals surface area (Å²) in [4.78, 5) is 23.2. The van der Waals surface area contributed by atoms with Gasteiger partial charge in [-0.15, -0.1) is 0 Å². The van der Waals surface area contributed by atoms with Crippen LogP contribution in [-0.2, 0) is 19.4 Å².